The van der Waals surface area contributed by atoms with Gasteiger partial charge in [0.1, 0.15) is 5.69 Å². The Morgan fingerprint density at radius 3 is 2.64 bits per heavy atom. The number of anilines is 1. The van der Waals surface area contributed by atoms with Crippen molar-refractivity contribution in [1.29, 1.82) is 5.26 Å². The number of nitrogens with zero attached hydrogens (tertiary/aromatic N) is 6. The molecular formula is C25H26ClF3N10O2S. The van der Waals surface area contributed by atoms with Crippen molar-refractivity contribution in [3.05, 3.63) is 69.6 Å². The number of carbonyl (C=O) groups excluding carboxylic acids is 2. The second-order valence-corrected chi connectivity index (χ2v) is 10.3. The number of halogens is 4. The van der Waals surface area contributed by atoms with E-state index in [4.69, 9.17) is 23.2 Å². The van der Waals surface area contributed by atoms with Gasteiger partial charge < -0.3 is 16.4 Å². The summed E-state index contributed by atoms with van der Waals surface area (Å²) in [5, 5.41) is 22.9. The molecule has 1 unspecified atom stereocenters. The molecule has 0 fully saturated rings. The Morgan fingerprint density at radius 1 is 1.31 bits per heavy atom. The molecule has 0 saturated heterocycles. The fourth-order valence-electron chi connectivity index (χ4n) is 3.73. The maximum Gasteiger partial charge on any atom is 0.450 e. The number of hydrazone groups is 1. The van der Waals surface area contributed by atoms with Gasteiger partial charge in [-0.05, 0) is 56.0 Å². The van der Waals surface area contributed by atoms with Crippen molar-refractivity contribution in [2.45, 2.75) is 32.6 Å². The number of nitrogens with two attached hydrogens (primary N) is 2. The number of rotatable bonds is 10. The van der Waals surface area contributed by atoms with E-state index in [0.29, 0.717) is 16.4 Å². The van der Waals surface area contributed by atoms with E-state index in [1.807, 2.05) is 19.2 Å². The number of hydrogen-bond donors (Lipinski definition) is 4. The number of hydrogen-bond acceptors (Lipinski definition) is 9. The number of pyridine rings is 1. The van der Waals surface area contributed by atoms with Crippen molar-refractivity contribution in [1.82, 2.24) is 25.2 Å². The summed E-state index contributed by atoms with van der Waals surface area (Å²) in [5.74, 6) is 3.32. The van der Waals surface area contributed by atoms with E-state index in [0.717, 1.165) is 4.68 Å². The molecule has 2 heterocycles. The maximum absolute atomic E-state index is 13.7. The number of carbonyl (C=O) groups is 2. The van der Waals surface area contributed by atoms with Crippen molar-refractivity contribution in [2.75, 3.05) is 17.3 Å². The lowest BCUT2D eigenvalue weighted by Gasteiger charge is -2.17. The van der Waals surface area contributed by atoms with Crippen molar-refractivity contribution in [3.63, 3.8) is 0 Å². The minimum atomic E-state index is -4.90. The standard InChI is InChI=1S/C25H26ClF3N10O2S/c1-13-7-15(10-30)8-17(22(40)34-14(2)12-42-3)20(13)35-23(41)19-9-16(11-38(32)37-24(31)25(27,28)29)36-39(19)21-18(26)5-4-6-33-21/h4-9,14H,11-12,32H2,1-3H3,(H2,31,37)(H,34,40)(H,35,41). The first kappa shape index (κ1) is 32.2. The quantitative estimate of drug-likeness (QED) is 0.114. The SMILES string of the molecule is CSCC(C)NC(=O)c1cc(C#N)cc(C)c1NC(=O)c1cc(CN(N)N=C(N)C(F)(F)F)nn1-c1ncccc1Cl. The normalized spacial score (nSPS) is 12.4. The highest BCUT2D eigenvalue weighted by Gasteiger charge is 2.34. The van der Waals surface area contributed by atoms with E-state index in [9.17, 15) is 28.0 Å². The van der Waals surface area contributed by atoms with Crippen molar-refractivity contribution in [2.24, 2.45) is 16.7 Å². The number of nitriles is 1. The molecule has 2 aromatic heterocycles. The van der Waals surface area contributed by atoms with E-state index in [1.165, 1.54) is 42.2 Å². The van der Waals surface area contributed by atoms with Crippen LogP contribution in [-0.4, -0.2) is 61.8 Å². The van der Waals surface area contributed by atoms with E-state index < -0.39 is 30.4 Å². The second-order valence-electron chi connectivity index (χ2n) is 8.93. The molecule has 0 spiro atoms. The molecule has 42 heavy (non-hydrogen) atoms. The Morgan fingerprint density at radius 2 is 2.02 bits per heavy atom. The monoisotopic (exact) mass is 622 g/mol. The third kappa shape index (κ3) is 7.90. The second kappa shape index (κ2) is 13.6. The zero-order chi connectivity index (χ0) is 31.2. The van der Waals surface area contributed by atoms with Gasteiger partial charge in [0, 0.05) is 18.0 Å². The Kier molecular flexibility index (Phi) is 10.4. The van der Waals surface area contributed by atoms with Gasteiger partial charge in [0.2, 0.25) is 5.84 Å². The molecular weight excluding hydrogens is 597 g/mol. The zero-order valence-corrected chi connectivity index (χ0v) is 24.1. The lowest BCUT2D eigenvalue weighted by Crippen LogP contribution is -2.36. The predicted octanol–water partition coefficient (Wildman–Crippen LogP) is 3.34. The molecule has 0 bridgehead atoms. The Hall–Kier alpha value is -4.33. The molecule has 3 aromatic rings. The third-order valence-corrected chi connectivity index (χ3v) is 6.65. The Labute approximate surface area is 247 Å². The van der Waals surface area contributed by atoms with Crippen LogP contribution in [0.5, 0.6) is 0 Å². The highest BCUT2D eigenvalue weighted by Crippen LogP contribution is 2.26. The molecule has 0 aliphatic rings. The van der Waals surface area contributed by atoms with Crippen molar-refractivity contribution < 1.29 is 22.8 Å². The molecule has 6 N–H and O–H groups in total. The summed E-state index contributed by atoms with van der Waals surface area (Å²) in [6.45, 7) is 2.95. The first-order valence-corrected chi connectivity index (χ1v) is 13.8. The minimum absolute atomic E-state index is 0.0171. The van der Waals surface area contributed by atoms with Crippen LogP contribution in [0.1, 0.15) is 44.6 Å². The molecule has 1 aromatic carbocycles. The first-order valence-electron chi connectivity index (χ1n) is 12.0. The molecule has 0 radical (unpaired) electrons. The molecule has 0 aliphatic carbocycles. The molecule has 0 saturated carbocycles. The summed E-state index contributed by atoms with van der Waals surface area (Å²) >= 11 is 7.83. The lowest BCUT2D eigenvalue weighted by molar-refractivity contribution is -0.0615. The number of aromatic nitrogens is 3. The topological polar surface area (TPSA) is 180 Å². The number of benzene rings is 1. The minimum Gasteiger partial charge on any atom is -0.378 e. The average molecular weight is 623 g/mol. The van der Waals surface area contributed by atoms with Gasteiger partial charge in [-0.1, -0.05) is 11.6 Å². The molecule has 3 rings (SSSR count). The highest BCUT2D eigenvalue weighted by atomic mass is 35.5. The van der Waals surface area contributed by atoms with Crippen LogP contribution in [-0.2, 0) is 6.54 Å². The van der Waals surface area contributed by atoms with Crippen LogP contribution in [0.15, 0.2) is 41.6 Å². The largest absolute Gasteiger partial charge is 0.450 e. The zero-order valence-electron chi connectivity index (χ0n) is 22.5. The lowest BCUT2D eigenvalue weighted by atomic mass is 10.0. The van der Waals surface area contributed by atoms with Gasteiger partial charge in [-0.15, -0.1) is 5.10 Å². The molecule has 2 amide bonds. The number of aryl methyl sites for hydroxylation is 1. The number of hydrazine groups is 1. The summed E-state index contributed by atoms with van der Waals surface area (Å²) in [5.41, 5.74) is 5.64. The van der Waals surface area contributed by atoms with Crippen LogP contribution in [0.3, 0.4) is 0 Å². The summed E-state index contributed by atoms with van der Waals surface area (Å²) in [6.07, 6.45) is -1.61. The molecule has 0 aliphatic heterocycles. The van der Waals surface area contributed by atoms with Crippen LogP contribution >= 0.6 is 23.4 Å². The van der Waals surface area contributed by atoms with Crippen LogP contribution in [0.2, 0.25) is 5.02 Å². The van der Waals surface area contributed by atoms with Crippen LogP contribution in [0, 0.1) is 18.3 Å². The Balaban J connectivity index is 2.05. The van der Waals surface area contributed by atoms with Gasteiger partial charge in [0.05, 0.1) is 40.1 Å². The van der Waals surface area contributed by atoms with E-state index >= 15 is 0 Å². The number of amides is 2. The van der Waals surface area contributed by atoms with E-state index in [-0.39, 0.29) is 45.1 Å². The first-order chi connectivity index (χ1) is 19.7. The summed E-state index contributed by atoms with van der Waals surface area (Å²) in [4.78, 5) is 31.0. The fourth-order valence-corrected chi connectivity index (χ4v) is 4.51. The van der Waals surface area contributed by atoms with E-state index in [1.54, 1.807) is 13.0 Å². The summed E-state index contributed by atoms with van der Waals surface area (Å²) < 4.78 is 39.5. The number of amidine groups is 1. The maximum atomic E-state index is 13.7. The fraction of sp³-hybridized carbons (Fsp3) is 0.280. The van der Waals surface area contributed by atoms with Crippen LogP contribution in [0.25, 0.3) is 5.82 Å². The smallest absolute Gasteiger partial charge is 0.378 e. The molecule has 1 atom stereocenters. The van der Waals surface area contributed by atoms with Crippen molar-refractivity contribution in [3.8, 4) is 11.9 Å². The van der Waals surface area contributed by atoms with Gasteiger partial charge in [-0.25, -0.2) is 20.6 Å². The third-order valence-electron chi connectivity index (χ3n) is 5.52. The van der Waals surface area contributed by atoms with Crippen LogP contribution in [0.4, 0.5) is 18.9 Å². The molecule has 12 nitrogen and oxygen atoms in total. The van der Waals surface area contributed by atoms with E-state index in [2.05, 4.69) is 25.8 Å². The predicted molar refractivity (Wildman–Crippen MR) is 153 cm³/mol. The summed E-state index contributed by atoms with van der Waals surface area (Å²) in [7, 11) is 0. The molecule has 222 valence electrons. The highest BCUT2D eigenvalue weighted by molar-refractivity contribution is 7.98. The van der Waals surface area contributed by atoms with Crippen molar-refractivity contribution >= 4 is 46.7 Å². The van der Waals surface area contributed by atoms with Gasteiger partial charge in [0.15, 0.2) is 5.82 Å². The average Bonchev–Trinajstić information content (AvgIpc) is 3.32. The van der Waals surface area contributed by atoms with Crippen LogP contribution < -0.4 is 22.2 Å². The summed E-state index contributed by atoms with van der Waals surface area (Å²) in [6, 6.07) is 8.95. The van der Waals surface area contributed by atoms with Gasteiger partial charge >= 0.3 is 6.18 Å². The number of nitrogens with one attached hydrogen (secondary N) is 2. The van der Waals surface area contributed by atoms with Gasteiger partial charge in [-0.3, -0.25) is 9.59 Å². The number of thioether (sulfide) groups is 1. The number of alkyl halides is 3. The Bertz CT molecular complexity index is 1550. The van der Waals surface area contributed by atoms with Gasteiger partial charge in [0.25, 0.3) is 11.8 Å². The van der Waals surface area contributed by atoms with Gasteiger partial charge in [-0.2, -0.15) is 35.3 Å². The molecule has 17 heteroatoms.